The Kier molecular flexibility index (Phi) is 4.13. The number of benzene rings is 1. The average molecular weight is 311 g/mol. The molecule has 21 heavy (non-hydrogen) atoms. The van der Waals surface area contributed by atoms with Crippen LogP contribution in [0.2, 0.25) is 0 Å². The van der Waals surface area contributed by atoms with Crippen molar-refractivity contribution in [2.45, 2.75) is 44.1 Å². The summed E-state index contributed by atoms with van der Waals surface area (Å²) in [6.07, 6.45) is -0.253. The Morgan fingerprint density at radius 2 is 1.95 bits per heavy atom. The smallest absolute Gasteiger partial charge is 0.235 e. The third kappa shape index (κ3) is 3.27. The third-order valence-corrected chi connectivity index (χ3v) is 6.28. The second-order valence-corrected chi connectivity index (χ2v) is 9.13. The summed E-state index contributed by atoms with van der Waals surface area (Å²) < 4.78 is 23.1. The summed E-state index contributed by atoms with van der Waals surface area (Å²) in [7, 11) is -3.53. The summed E-state index contributed by atoms with van der Waals surface area (Å²) in [6, 6.07) is 6.91. The molecule has 1 aliphatic rings. The van der Waals surface area contributed by atoms with Crippen LogP contribution >= 0.6 is 0 Å². The first-order chi connectivity index (χ1) is 9.62. The van der Waals surface area contributed by atoms with Gasteiger partial charge in [-0.15, -0.1) is 0 Å². The van der Waals surface area contributed by atoms with Crippen molar-refractivity contribution >= 4 is 15.7 Å². The summed E-state index contributed by atoms with van der Waals surface area (Å²) >= 11 is 0. The second kappa shape index (κ2) is 5.42. The van der Waals surface area contributed by atoms with Crippen LogP contribution in [0.15, 0.2) is 24.3 Å². The van der Waals surface area contributed by atoms with Gasteiger partial charge in [0.25, 0.3) is 0 Å². The molecule has 1 aromatic carbocycles. The molecule has 0 heterocycles. The molecule has 6 heteroatoms. The van der Waals surface area contributed by atoms with Gasteiger partial charge in [-0.2, -0.15) is 0 Å². The summed E-state index contributed by atoms with van der Waals surface area (Å²) in [5.74, 6) is -1.15. The van der Waals surface area contributed by atoms with Crippen molar-refractivity contribution in [1.29, 1.82) is 0 Å². The van der Waals surface area contributed by atoms with Crippen molar-refractivity contribution in [3.8, 4) is 0 Å². The zero-order chi connectivity index (χ0) is 15.8. The van der Waals surface area contributed by atoms with Gasteiger partial charge >= 0.3 is 0 Å². The SMILES string of the molecule is CC(C)(C)S(=O)(=O)CC(=O)N[C@@H]1c2ccccc2C[C@@H]1O. The van der Waals surface area contributed by atoms with Gasteiger partial charge in [-0.1, -0.05) is 24.3 Å². The van der Waals surface area contributed by atoms with Gasteiger partial charge in [0.05, 0.1) is 16.9 Å². The lowest BCUT2D eigenvalue weighted by Crippen LogP contribution is -2.41. The van der Waals surface area contributed by atoms with Gasteiger partial charge in [-0.05, 0) is 31.9 Å². The summed E-state index contributed by atoms with van der Waals surface area (Å²) in [4.78, 5) is 12.0. The van der Waals surface area contributed by atoms with E-state index in [2.05, 4.69) is 5.32 Å². The Bertz CT molecular complexity index is 646. The number of carbonyl (C=O) groups excluding carboxylic acids is 1. The molecule has 0 bridgehead atoms. The van der Waals surface area contributed by atoms with Crippen molar-refractivity contribution in [3.05, 3.63) is 35.4 Å². The predicted octanol–water partition coefficient (Wildman–Crippen LogP) is 0.974. The highest BCUT2D eigenvalue weighted by atomic mass is 32.2. The summed E-state index contributed by atoms with van der Waals surface area (Å²) in [6.45, 7) is 4.69. The van der Waals surface area contributed by atoms with E-state index in [1.807, 2.05) is 24.3 Å². The Labute approximate surface area is 125 Å². The Morgan fingerprint density at radius 1 is 1.33 bits per heavy atom. The molecular weight excluding hydrogens is 290 g/mol. The van der Waals surface area contributed by atoms with Gasteiger partial charge in [0, 0.05) is 6.42 Å². The number of hydrogen-bond acceptors (Lipinski definition) is 4. The van der Waals surface area contributed by atoms with Crippen LogP contribution in [0, 0.1) is 0 Å². The van der Waals surface area contributed by atoms with E-state index in [9.17, 15) is 18.3 Å². The maximum absolute atomic E-state index is 12.0. The topological polar surface area (TPSA) is 83.5 Å². The first kappa shape index (κ1) is 16.0. The fourth-order valence-corrected chi connectivity index (χ4v) is 3.21. The number of rotatable bonds is 3. The van der Waals surface area contributed by atoms with Crippen molar-refractivity contribution in [2.24, 2.45) is 0 Å². The minimum Gasteiger partial charge on any atom is -0.390 e. The van der Waals surface area contributed by atoms with E-state index in [1.165, 1.54) is 0 Å². The summed E-state index contributed by atoms with van der Waals surface area (Å²) in [5, 5.41) is 12.7. The molecule has 2 rings (SSSR count). The fraction of sp³-hybridized carbons (Fsp3) is 0.533. The molecule has 2 N–H and O–H groups in total. The van der Waals surface area contributed by atoms with Crippen LogP contribution in [0.3, 0.4) is 0 Å². The zero-order valence-electron chi connectivity index (χ0n) is 12.5. The number of hydrogen-bond donors (Lipinski definition) is 2. The number of fused-ring (bicyclic) bond motifs is 1. The van der Waals surface area contributed by atoms with E-state index in [4.69, 9.17) is 0 Å². The molecule has 0 saturated heterocycles. The fourth-order valence-electron chi connectivity index (χ4n) is 2.35. The number of amides is 1. The molecular formula is C15H21NO4S. The molecule has 0 fully saturated rings. The molecule has 1 amide bonds. The van der Waals surface area contributed by atoms with Gasteiger partial charge in [0.2, 0.25) is 5.91 Å². The summed E-state index contributed by atoms with van der Waals surface area (Å²) in [5.41, 5.74) is 1.83. The largest absolute Gasteiger partial charge is 0.390 e. The van der Waals surface area contributed by atoms with E-state index < -0.39 is 38.4 Å². The molecule has 0 saturated carbocycles. The lowest BCUT2D eigenvalue weighted by molar-refractivity contribution is -0.120. The highest BCUT2D eigenvalue weighted by Crippen LogP contribution is 2.31. The van der Waals surface area contributed by atoms with E-state index in [-0.39, 0.29) is 0 Å². The molecule has 0 aliphatic heterocycles. The van der Waals surface area contributed by atoms with Gasteiger partial charge in [-0.25, -0.2) is 8.42 Å². The Morgan fingerprint density at radius 3 is 2.57 bits per heavy atom. The maximum Gasteiger partial charge on any atom is 0.235 e. The van der Waals surface area contributed by atoms with Crippen molar-refractivity contribution < 1.29 is 18.3 Å². The van der Waals surface area contributed by atoms with Crippen molar-refractivity contribution in [1.82, 2.24) is 5.32 Å². The molecule has 2 atom stereocenters. The van der Waals surface area contributed by atoms with Crippen molar-refractivity contribution in [3.63, 3.8) is 0 Å². The standard InChI is InChI=1S/C15H21NO4S/c1-15(2,3)21(19,20)9-13(18)16-14-11-7-5-4-6-10(11)8-12(14)17/h4-7,12,14,17H,8-9H2,1-3H3,(H,16,18)/t12-,14+/m0/s1. The zero-order valence-corrected chi connectivity index (χ0v) is 13.3. The van der Waals surface area contributed by atoms with Crippen LogP contribution in [-0.2, 0) is 21.1 Å². The second-order valence-electron chi connectivity index (χ2n) is 6.39. The molecule has 116 valence electrons. The van der Waals surface area contributed by atoms with Crippen molar-refractivity contribution in [2.75, 3.05) is 5.75 Å². The van der Waals surface area contributed by atoms with E-state index in [0.29, 0.717) is 6.42 Å². The van der Waals surface area contributed by atoms with Crippen LogP contribution in [-0.4, -0.2) is 36.0 Å². The first-order valence-electron chi connectivity index (χ1n) is 6.89. The number of sulfone groups is 1. The minimum absolute atomic E-state index is 0.465. The maximum atomic E-state index is 12.0. The van der Waals surface area contributed by atoms with Crippen LogP contribution in [0.4, 0.5) is 0 Å². The molecule has 0 radical (unpaired) electrons. The molecule has 0 aromatic heterocycles. The molecule has 1 aromatic rings. The van der Waals surface area contributed by atoms with E-state index in [1.54, 1.807) is 20.8 Å². The van der Waals surface area contributed by atoms with E-state index >= 15 is 0 Å². The molecule has 1 aliphatic carbocycles. The average Bonchev–Trinajstić information content (AvgIpc) is 2.64. The van der Waals surface area contributed by atoms with Gasteiger partial charge in [0.1, 0.15) is 5.75 Å². The molecule has 5 nitrogen and oxygen atoms in total. The third-order valence-electron chi connectivity index (χ3n) is 3.77. The predicted molar refractivity (Wildman–Crippen MR) is 80.6 cm³/mol. The monoisotopic (exact) mass is 311 g/mol. The highest BCUT2D eigenvalue weighted by Gasteiger charge is 2.35. The van der Waals surface area contributed by atoms with Crippen LogP contribution in [0.5, 0.6) is 0 Å². The normalized spacial score (nSPS) is 21.9. The number of nitrogens with one attached hydrogen (secondary N) is 1. The first-order valence-corrected chi connectivity index (χ1v) is 8.54. The lowest BCUT2D eigenvalue weighted by atomic mass is 10.1. The number of aliphatic hydroxyl groups excluding tert-OH is 1. The van der Waals surface area contributed by atoms with Gasteiger partial charge in [0.15, 0.2) is 9.84 Å². The lowest BCUT2D eigenvalue weighted by Gasteiger charge is -2.21. The quantitative estimate of drug-likeness (QED) is 0.871. The van der Waals surface area contributed by atoms with Crippen LogP contribution in [0.1, 0.15) is 37.9 Å². The number of aliphatic hydroxyl groups is 1. The molecule has 0 spiro atoms. The number of carbonyl (C=O) groups is 1. The van der Waals surface area contributed by atoms with Gasteiger partial charge < -0.3 is 10.4 Å². The minimum atomic E-state index is -3.53. The Balaban J connectivity index is 2.11. The van der Waals surface area contributed by atoms with Crippen LogP contribution < -0.4 is 5.32 Å². The Hall–Kier alpha value is -1.40. The highest BCUT2D eigenvalue weighted by molar-refractivity contribution is 7.93. The van der Waals surface area contributed by atoms with Crippen LogP contribution in [0.25, 0.3) is 0 Å². The molecule has 0 unspecified atom stereocenters. The van der Waals surface area contributed by atoms with E-state index in [0.717, 1.165) is 11.1 Å². The van der Waals surface area contributed by atoms with Gasteiger partial charge in [-0.3, -0.25) is 4.79 Å².